The Bertz CT molecular complexity index is 524. The van der Waals surface area contributed by atoms with Gasteiger partial charge in [-0.25, -0.2) is 4.99 Å². The van der Waals surface area contributed by atoms with Crippen LogP contribution < -0.4 is 10.6 Å². The lowest BCUT2D eigenvalue weighted by Gasteiger charge is -2.22. The van der Waals surface area contributed by atoms with E-state index in [2.05, 4.69) is 74.4 Å². The molecule has 4 heteroatoms. The lowest BCUT2D eigenvalue weighted by molar-refractivity contribution is 0.265. The minimum absolute atomic E-state index is 0.465. The minimum Gasteiger partial charge on any atom is -0.357 e. The van der Waals surface area contributed by atoms with E-state index in [1.54, 1.807) is 0 Å². The molecule has 4 nitrogen and oxygen atoms in total. The van der Waals surface area contributed by atoms with Crippen LogP contribution >= 0.6 is 0 Å². The molecule has 0 amide bonds. The molecule has 128 valence electrons. The average Bonchev–Trinajstić information content (AvgIpc) is 2.86. The fraction of sp³-hybridized carbons (Fsp3) is 0.632. The molecule has 1 aromatic rings. The van der Waals surface area contributed by atoms with E-state index in [9.17, 15) is 0 Å². The SMILES string of the molecule is CCNC(=NCc1cccc(C)c1)NC1CN(C(C)C)CC1C. The van der Waals surface area contributed by atoms with Gasteiger partial charge in [-0.15, -0.1) is 0 Å². The predicted molar refractivity (Wildman–Crippen MR) is 98.8 cm³/mol. The summed E-state index contributed by atoms with van der Waals surface area (Å²) in [6.45, 7) is 14.9. The maximum atomic E-state index is 4.77. The molecule has 0 spiro atoms. The maximum Gasteiger partial charge on any atom is 0.191 e. The van der Waals surface area contributed by atoms with E-state index in [4.69, 9.17) is 4.99 Å². The largest absolute Gasteiger partial charge is 0.357 e. The zero-order valence-corrected chi connectivity index (χ0v) is 15.3. The van der Waals surface area contributed by atoms with Gasteiger partial charge in [-0.3, -0.25) is 4.90 Å². The smallest absolute Gasteiger partial charge is 0.191 e. The van der Waals surface area contributed by atoms with Crippen molar-refractivity contribution >= 4 is 5.96 Å². The molecule has 1 saturated heterocycles. The molecule has 2 rings (SSSR count). The van der Waals surface area contributed by atoms with E-state index in [1.807, 2.05) is 0 Å². The van der Waals surface area contributed by atoms with Crippen LogP contribution in [0.4, 0.5) is 0 Å². The standard InChI is InChI=1S/C19H32N4/c1-6-20-19(21-11-17-9-7-8-15(4)10-17)22-18-13-23(14(2)3)12-16(18)5/h7-10,14,16,18H,6,11-13H2,1-5H3,(H2,20,21,22). The molecule has 2 unspecified atom stereocenters. The molecule has 0 aromatic heterocycles. The second-order valence-corrected chi connectivity index (χ2v) is 6.96. The number of hydrogen-bond acceptors (Lipinski definition) is 2. The number of aliphatic imine (C=N–C) groups is 1. The Labute approximate surface area is 141 Å². The van der Waals surface area contributed by atoms with Crippen LogP contribution in [0.1, 0.15) is 38.8 Å². The van der Waals surface area contributed by atoms with Crippen LogP contribution in [0.5, 0.6) is 0 Å². The maximum absolute atomic E-state index is 4.77. The molecule has 0 radical (unpaired) electrons. The Kier molecular flexibility index (Phi) is 6.46. The van der Waals surface area contributed by atoms with Gasteiger partial charge >= 0.3 is 0 Å². The first-order valence-electron chi connectivity index (χ1n) is 8.84. The van der Waals surface area contributed by atoms with Gasteiger partial charge in [0.1, 0.15) is 0 Å². The first-order valence-corrected chi connectivity index (χ1v) is 8.84. The van der Waals surface area contributed by atoms with E-state index in [-0.39, 0.29) is 0 Å². The molecule has 0 saturated carbocycles. The molecular weight excluding hydrogens is 284 g/mol. The third-order valence-electron chi connectivity index (χ3n) is 4.54. The Balaban J connectivity index is 1.99. The van der Waals surface area contributed by atoms with E-state index in [1.165, 1.54) is 11.1 Å². The third kappa shape index (κ3) is 5.24. The lowest BCUT2D eigenvalue weighted by atomic mass is 10.1. The number of guanidine groups is 1. The highest BCUT2D eigenvalue weighted by molar-refractivity contribution is 5.80. The fourth-order valence-corrected chi connectivity index (χ4v) is 3.09. The number of likely N-dealkylation sites (tertiary alicyclic amines) is 1. The van der Waals surface area contributed by atoms with Crippen molar-refractivity contribution in [1.82, 2.24) is 15.5 Å². The summed E-state index contributed by atoms with van der Waals surface area (Å²) in [7, 11) is 0. The predicted octanol–water partition coefficient (Wildman–Crippen LogP) is 2.78. The van der Waals surface area contributed by atoms with Gasteiger partial charge in [0.15, 0.2) is 5.96 Å². The minimum atomic E-state index is 0.465. The van der Waals surface area contributed by atoms with Gasteiger partial charge < -0.3 is 10.6 Å². The Hall–Kier alpha value is -1.55. The summed E-state index contributed by atoms with van der Waals surface area (Å²) in [5.74, 6) is 1.57. The quantitative estimate of drug-likeness (QED) is 0.648. The first-order chi connectivity index (χ1) is 11.0. The van der Waals surface area contributed by atoms with Crippen molar-refractivity contribution in [3.63, 3.8) is 0 Å². The molecular formula is C19H32N4. The second-order valence-electron chi connectivity index (χ2n) is 6.96. The normalized spacial score (nSPS) is 22.6. The molecule has 0 aliphatic carbocycles. The van der Waals surface area contributed by atoms with Crippen molar-refractivity contribution in [2.45, 2.75) is 53.2 Å². The average molecular weight is 316 g/mol. The van der Waals surface area contributed by atoms with Gasteiger partial charge in [-0.1, -0.05) is 36.8 Å². The van der Waals surface area contributed by atoms with Gasteiger partial charge in [0.05, 0.1) is 6.54 Å². The summed E-state index contributed by atoms with van der Waals surface area (Å²) in [6.07, 6.45) is 0. The molecule has 1 aliphatic rings. The number of nitrogens with one attached hydrogen (secondary N) is 2. The fourth-order valence-electron chi connectivity index (χ4n) is 3.09. The molecule has 1 heterocycles. The number of aryl methyl sites for hydroxylation is 1. The van der Waals surface area contributed by atoms with E-state index < -0.39 is 0 Å². The number of rotatable bonds is 5. The summed E-state index contributed by atoms with van der Waals surface area (Å²) in [5.41, 5.74) is 2.54. The van der Waals surface area contributed by atoms with E-state index in [0.717, 1.165) is 25.6 Å². The van der Waals surface area contributed by atoms with Crippen molar-refractivity contribution in [3.8, 4) is 0 Å². The van der Waals surface area contributed by atoms with Crippen LogP contribution in [0.3, 0.4) is 0 Å². The summed E-state index contributed by atoms with van der Waals surface area (Å²) in [5, 5.41) is 7.01. The van der Waals surface area contributed by atoms with Crippen molar-refractivity contribution in [2.24, 2.45) is 10.9 Å². The van der Waals surface area contributed by atoms with Crippen molar-refractivity contribution in [1.29, 1.82) is 0 Å². The van der Waals surface area contributed by atoms with Gasteiger partial charge in [0.2, 0.25) is 0 Å². The molecule has 1 aromatic carbocycles. The zero-order chi connectivity index (χ0) is 16.8. The highest BCUT2D eigenvalue weighted by Gasteiger charge is 2.31. The lowest BCUT2D eigenvalue weighted by Crippen LogP contribution is -2.46. The van der Waals surface area contributed by atoms with Crippen LogP contribution in [0, 0.1) is 12.8 Å². The van der Waals surface area contributed by atoms with E-state index >= 15 is 0 Å². The molecule has 2 N–H and O–H groups in total. The van der Waals surface area contributed by atoms with E-state index in [0.29, 0.717) is 24.5 Å². The first kappa shape index (κ1) is 17.8. The summed E-state index contributed by atoms with van der Waals surface area (Å²) >= 11 is 0. The van der Waals surface area contributed by atoms with Gasteiger partial charge in [-0.2, -0.15) is 0 Å². The van der Waals surface area contributed by atoms with Crippen molar-refractivity contribution in [3.05, 3.63) is 35.4 Å². The molecule has 1 fully saturated rings. The Morgan fingerprint density at radius 3 is 2.74 bits per heavy atom. The topological polar surface area (TPSA) is 39.7 Å². The summed E-state index contributed by atoms with van der Waals surface area (Å²) < 4.78 is 0. The number of hydrogen-bond donors (Lipinski definition) is 2. The third-order valence-corrected chi connectivity index (χ3v) is 4.54. The Morgan fingerprint density at radius 1 is 1.35 bits per heavy atom. The highest BCUT2D eigenvalue weighted by Crippen LogP contribution is 2.18. The molecule has 1 aliphatic heterocycles. The monoisotopic (exact) mass is 316 g/mol. The van der Waals surface area contributed by atoms with Gasteiger partial charge in [-0.05, 0) is 39.2 Å². The number of nitrogens with zero attached hydrogens (tertiary/aromatic N) is 2. The molecule has 0 bridgehead atoms. The molecule has 2 atom stereocenters. The summed E-state index contributed by atoms with van der Waals surface area (Å²) in [4.78, 5) is 7.30. The zero-order valence-electron chi connectivity index (χ0n) is 15.3. The summed E-state index contributed by atoms with van der Waals surface area (Å²) in [6, 6.07) is 9.63. The highest BCUT2D eigenvalue weighted by atomic mass is 15.3. The van der Waals surface area contributed by atoms with Crippen molar-refractivity contribution in [2.75, 3.05) is 19.6 Å². The second kappa shape index (κ2) is 8.34. The van der Waals surface area contributed by atoms with Gasteiger partial charge in [0, 0.05) is 31.7 Å². The van der Waals surface area contributed by atoms with Crippen LogP contribution in [0.25, 0.3) is 0 Å². The van der Waals surface area contributed by atoms with Crippen LogP contribution in [-0.2, 0) is 6.54 Å². The molecule has 23 heavy (non-hydrogen) atoms. The van der Waals surface area contributed by atoms with Crippen molar-refractivity contribution < 1.29 is 0 Å². The van der Waals surface area contributed by atoms with Crippen LogP contribution in [0.2, 0.25) is 0 Å². The van der Waals surface area contributed by atoms with Gasteiger partial charge in [0.25, 0.3) is 0 Å². The number of benzene rings is 1. The van der Waals surface area contributed by atoms with Crippen LogP contribution in [-0.4, -0.2) is 42.6 Å². The van der Waals surface area contributed by atoms with Crippen LogP contribution in [0.15, 0.2) is 29.3 Å². The Morgan fingerprint density at radius 2 is 2.13 bits per heavy atom.